The first kappa shape index (κ1) is 16.5. The van der Waals surface area contributed by atoms with Crippen LogP contribution in [0.15, 0.2) is 0 Å². The van der Waals surface area contributed by atoms with E-state index in [0.29, 0.717) is 5.88 Å². The summed E-state index contributed by atoms with van der Waals surface area (Å²) in [5.41, 5.74) is 0. The predicted molar refractivity (Wildman–Crippen MR) is 37.5 cm³/mol. The Balaban J connectivity index is -0.000000180. The molecule has 0 aromatic carbocycles. The van der Waals surface area contributed by atoms with Crippen LogP contribution in [0.1, 0.15) is 19.3 Å². The summed E-state index contributed by atoms with van der Waals surface area (Å²) in [6, 6.07) is 0. The Morgan fingerprint density at radius 2 is 1.89 bits per heavy atom. The topological polar surface area (TPSA) is 0 Å². The first-order valence-corrected chi connectivity index (χ1v) is 2.91. The fourth-order valence-corrected chi connectivity index (χ4v) is 0.497. The van der Waals surface area contributed by atoms with Gasteiger partial charge in [-0.3, -0.25) is 0 Å². The maximum Gasteiger partial charge on any atom is 2.00 e. The van der Waals surface area contributed by atoms with Crippen LogP contribution in [0, 0.1) is 12.3 Å². The molecule has 0 radical (unpaired) electrons. The summed E-state index contributed by atoms with van der Waals surface area (Å²) in [4.78, 5) is 0. The normalized spacial score (nSPS) is 6.22. The molecule has 0 fully saturated rings. The van der Waals surface area contributed by atoms with Gasteiger partial charge in [-0.25, -0.2) is 0 Å². The van der Waals surface area contributed by atoms with E-state index in [-0.39, 0.29) is 35.5 Å². The monoisotopic (exact) mass is 174 g/mol. The second kappa shape index (κ2) is 16.0. The average molecular weight is 175 g/mol. The molecule has 0 aliphatic rings. The van der Waals surface area contributed by atoms with Crippen LogP contribution >= 0.6 is 11.6 Å². The van der Waals surface area contributed by atoms with E-state index in [0.717, 1.165) is 19.3 Å². The molecular weight excluding hydrogens is 167 g/mol. The minimum absolute atomic E-state index is 0. The third-order valence-corrected chi connectivity index (χ3v) is 0.953. The molecule has 3 heteroatoms. The van der Waals surface area contributed by atoms with Crippen molar-refractivity contribution in [3.05, 3.63) is 6.42 Å². The minimum atomic E-state index is 0. The summed E-state index contributed by atoms with van der Waals surface area (Å²) < 4.78 is 0. The average Bonchev–Trinajstić information content (AvgIpc) is 1.69. The molecule has 0 saturated carbocycles. The van der Waals surface area contributed by atoms with Crippen molar-refractivity contribution in [3.8, 4) is 5.92 Å². The summed E-state index contributed by atoms with van der Waals surface area (Å²) >= 11 is 5.35. The third-order valence-electron chi connectivity index (χ3n) is 0.685. The first-order chi connectivity index (χ1) is 3.41. The van der Waals surface area contributed by atoms with Gasteiger partial charge in [-0.05, 0) is 19.3 Å². The summed E-state index contributed by atoms with van der Waals surface area (Å²) in [5.74, 6) is 3.00. The predicted octanol–water partition coefficient (Wildman–Crippen LogP) is -1.39. The van der Waals surface area contributed by atoms with Crippen LogP contribution in [-0.2, 0) is 0 Å². The molecule has 0 amide bonds. The number of rotatable bonds is 3. The van der Waals surface area contributed by atoms with Gasteiger partial charge in [0.2, 0.25) is 0 Å². The van der Waals surface area contributed by atoms with E-state index in [1.54, 1.807) is 0 Å². The molecule has 0 aliphatic carbocycles. The van der Waals surface area contributed by atoms with E-state index in [1.807, 2.05) is 0 Å². The van der Waals surface area contributed by atoms with Crippen molar-refractivity contribution >= 4 is 34.7 Å². The van der Waals surface area contributed by atoms with Crippen molar-refractivity contribution in [2.75, 3.05) is 5.88 Å². The molecule has 0 unspecified atom stereocenters. The Bertz CT molecular complexity index is 67.9. The molecule has 0 saturated heterocycles. The van der Waals surface area contributed by atoms with Crippen molar-refractivity contribution < 1.29 is 12.4 Å². The zero-order valence-corrected chi connectivity index (χ0v) is 8.22. The van der Waals surface area contributed by atoms with Gasteiger partial charge in [0.15, 0.2) is 0 Å². The molecule has 0 bridgehead atoms. The fraction of sp³-hybridized carbons (Fsp3) is 0.667. The number of unbranched alkanes of at least 4 members (excludes halogenated alkanes) is 2. The van der Waals surface area contributed by atoms with Crippen molar-refractivity contribution in [3.63, 3.8) is 0 Å². The van der Waals surface area contributed by atoms with Gasteiger partial charge in [-0.15, -0.1) is 11.6 Å². The number of alkyl halides is 1. The second-order valence-corrected chi connectivity index (χ2v) is 1.70. The zero-order valence-electron chi connectivity index (χ0n) is 5.29. The number of hydrogen-bond donors (Lipinski definition) is 0. The second-order valence-electron chi connectivity index (χ2n) is 1.32. The van der Waals surface area contributed by atoms with Gasteiger partial charge in [0, 0.05) is 5.88 Å². The van der Waals surface area contributed by atoms with Gasteiger partial charge in [-0.1, -0.05) is 0 Å². The number of hydrogen-bond acceptors (Lipinski definition) is 0. The summed E-state index contributed by atoms with van der Waals surface area (Å²) in [5, 5.41) is 0. The van der Waals surface area contributed by atoms with Crippen molar-refractivity contribution in [1.29, 1.82) is 0 Å². The van der Waals surface area contributed by atoms with Crippen LogP contribution in [0.4, 0.5) is 0 Å². The van der Waals surface area contributed by atoms with Gasteiger partial charge >= 0.3 is 23.1 Å². The summed E-state index contributed by atoms with van der Waals surface area (Å²) in [7, 11) is 0. The van der Waals surface area contributed by atoms with Gasteiger partial charge in [0.1, 0.15) is 0 Å². The molecule has 0 aromatic rings. The molecule has 0 heterocycles. The van der Waals surface area contributed by atoms with Gasteiger partial charge in [-0.2, -0.15) is 0 Å². The molecule has 9 heavy (non-hydrogen) atoms. The zero-order chi connectivity index (χ0) is 5.54. The largest absolute Gasteiger partial charge is 2.00 e. The van der Waals surface area contributed by atoms with E-state index in [9.17, 15) is 0 Å². The van der Waals surface area contributed by atoms with E-state index in [2.05, 4.69) is 5.92 Å². The standard InChI is InChI=1S/C6H8Cl.ClH.Mg/c1-2-3-4-5-6-7;;/h3-6H2;1H;/q-1;;+2/p-1. The van der Waals surface area contributed by atoms with Crippen molar-refractivity contribution in [2.24, 2.45) is 0 Å². The van der Waals surface area contributed by atoms with E-state index in [1.165, 1.54) is 0 Å². The Morgan fingerprint density at radius 3 is 2.22 bits per heavy atom. The molecule has 0 aromatic heterocycles. The van der Waals surface area contributed by atoms with Crippen molar-refractivity contribution in [2.45, 2.75) is 19.3 Å². The summed E-state index contributed by atoms with van der Waals surface area (Å²) in [6.45, 7) is 0. The smallest absolute Gasteiger partial charge is 1.00 e. The Hall–Kier alpha value is 0.906. The molecule has 0 N–H and O–H groups in total. The first-order valence-electron chi connectivity index (χ1n) is 2.37. The minimum Gasteiger partial charge on any atom is -1.00 e. The molecule has 0 atom stereocenters. The maximum absolute atomic E-state index is 6.49. The quantitative estimate of drug-likeness (QED) is 0.163. The molecule has 0 rings (SSSR count). The maximum atomic E-state index is 6.49. The Kier molecular flexibility index (Phi) is 29.2. The van der Waals surface area contributed by atoms with Gasteiger partial charge in [0.25, 0.3) is 0 Å². The SMILES string of the molecule is [C-]#CCCCCCl.[Cl-].[Mg+2]. The Labute approximate surface area is 84.3 Å². The van der Waals surface area contributed by atoms with E-state index in [4.69, 9.17) is 18.0 Å². The fourth-order valence-electron chi connectivity index (χ4n) is 0.308. The third kappa shape index (κ3) is 17.6. The van der Waals surface area contributed by atoms with E-state index >= 15 is 0 Å². The van der Waals surface area contributed by atoms with E-state index < -0.39 is 0 Å². The molecule has 0 spiro atoms. The van der Waals surface area contributed by atoms with Crippen LogP contribution in [0.3, 0.4) is 0 Å². The summed E-state index contributed by atoms with van der Waals surface area (Å²) in [6.07, 6.45) is 9.26. The van der Waals surface area contributed by atoms with Gasteiger partial charge in [0.05, 0.1) is 0 Å². The molecular formula is C6H8Cl2Mg. The van der Waals surface area contributed by atoms with Crippen LogP contribution < -0.4 is 12.4 Å². The van der Waals surface area contributed by atoms with Gasteiger partial charge < -0.3 is 24.8 Å². The Morgan fingerprint density at radius 1 is 1.33 bits per heavy atom. The van der Waals surface area contributed by atoms with Crippen molar-refractivity contribution in [1.82, 2.24) is 0 Å². The van der Waals surface area contributed by atoms with Crippen LogP contribution in [0.25, 0.3) is 0 Å². The number of halogens is 2. The van der Waals surface area contributed by atoms with Crippen LogP contribution in [0.5, 0.6) is 0 Å². The van der Waals surface area contributed by atoms with Crippen LogP contribution in [0.2, 0.25) is 0 Å². The molecule has 0 aliphatic heterocycles. The molecule has 48 valence electrons. The van der Waals surface area contributed by atoms with Crippen LogP contribution in [-0.4, -0.2) is 28.9 Å². The molecule has 0 nitrogen and oxygen atoms in total.